The Bertz CT molecular complexity index is 1350. The van der Waals surface area contributed by atoms with Gasteiger partial charge in [-0.3, -0.25) is 0 Å². The van der Waals surface area contributed by atoms with Crippen LogP contribution in [0.1, 0.15) is 5.56 Å². The summed E-state index contributed by atoms with van der Waals surface area (Å²) in [6.45, 7) is 1.96. The third-order valence-electron chi connectivity index (χ3n) is 4.11. The topological polar surface area (TPSA) is 69.4 Å². The van der Waals surface area contributed by atoms with Crippen LogP contribution < -0.4 is 4.18 Å². The summed E-state index contributed by atoms with van der Waals surface area (Å²) in [7, 11) is -4.23. The van der Waals surface area contributed by atoms with E-state index >= 15 is 0 Å². The first-order valence-electron chi connectivity index (χ1n) is 8.30. The molecule has 1 aromatic heterocycles. The predicted molar refractivity (Wildman–Crippen MR) is 113 cm³/mol. The van der Waals surface area contributed by atoms with Gasteiger partial charge in [-0.2, -0.15) is 8.42 Å². The van der Waals surface area contributed by atoms with E-state index in [1.54, 1.807) is 6.07 Å². The SMILES string of the molecule is Cc1ccc2nc(-c3ccc(OS(=O)(=O)c4cccc(Cl)c4Cl)c(Cl)c3)oc2c1. The quantitative estimate of drug-likeness (QED) is 0.318. The zero-order chi connectivity index (χ0) is 20.8. The molecule has 9 heteroatoms. The summed E-state index contributed by atoms with van der Waals surface area (Å²) < 4.78 is 36.1. The van der Waals surface area contributed by atoms with Crippen LogP contribution in [0.3, 0.4) is 0 Å². The first-order chi connectivity index (χ1) is 13.7. The van der Waals surface area contributed by atoms with Crippen LogP contribution in [0.15, 0.2) is 63.9 Å². The molecule has 0 fully saturated rings. The first kappa shape index (κ1) is 20.0. The molecule has 29 heavy (non-hydrogen) atoms. The van der Waals surface area contributed by atoms with Crippen molar-refractivity contribution in [3.05, 3.63) is 75.2 Å². The average molecular weight is 469 g/mol. The van der Waals surface area contributed by atoms with E-state index in [0.29, 0.717) is 22.6 Å². The fourth-order valence-electron chi connectivity index (χ4n) is 2.70. The van der Waals surface area contributed by atoms with E-state index in [1.807, 2.05) is 25.1 Å². The van der Waals surface area contributed by atoms with E-state index < -0.39 is 10.1 Å². The molecule has 1 heterocycles. The Morgan fingerprint density at radius 2 is 1.76 bits per heavy atom. The van der Waals surface area contributed by atoms with Gasteiger partial charge in [0.25, 0.3) is 0 Å². The predicted octanol–water partition coefficient (Wildman–Crippen LogP) is 6.53. The van der Waals surface area contributed by atoms with Crippen LogP contribution in [0.25, 0.3) is 22.6 Å². The first-order valence-corrected chi connectivity index (χ1v) is 10.8. The molecule has 0 aliphatic rings. The highest BCUT2D eigenvalue weighted by atomic mass is 35.5. The highest BCUT2D eigenvalue weighted by Gasteiger charge is 2.23. The molecule has 5 nitrogen and oxygen atoms in total. The zero-order valence-corrected chi connectivity index (χ0v) is 17.9. The van der Waals surface area contributed by atoms with Crippen molar-refractivity contribution in [2.75, 3.05) is 0 Å². The van der Waals surface area contributed by atoms with Gasteiger partial charge in [-0.05, 0) is 55.0 Å². The average Bonchev–Trinajstić information content (AvgIpc) is 3.08. The molecule has 0 saturated carbocycles. The molecule has 0 spiro atoms. The number of hydrogen-bond acceptors (Lipinski definition) is 5. The van der Waals surface area contributed by atoms with Crippen molar-refractivity contribution in [1.29, 1.82) is 0 Å². The molecule has 0 unspecified atom stereocenters. The summed E-state index contributed by atoms with van der Waals surface area (Å²) in [6.07, 6.45) is 0. The van der Waals surface area contributed by atoms with Gasteiger partial charge >= 0.3 is 10.1 Å². The highest BCUT2D eigenvalue weighted by molar-refractivity contribution is 7.87. The smallest absolute Gasteiger partial charge is 0.340 e. The molecule has 4 rings (SSSR count). The number of nitrogens with zero attached hydrogens (tertiary/aromatic N) is 1. The van der Waals surface area contributed by atoms with Crippen molar-refractivity contribution in [1.82, 2.24) is 4.98 Å². The second kappa shape index (κ2) is 7.54. The van der Waals surface area contributed by atoms with Gasteiger partial charge in [0.2, 0.25) is 5.89 Å². The molecule has 0 aliphatic heterocycles. The normalized spacial score (nSPS) is 11.7. The Morgan fingerprint density at radius 3 is 2.52 bits per heavy atom. The number of oxazole rings is 1. The van der Waals surface area contributed by atoms with Gasteiger partial charge in [0.1, 0.15) is 10.4 Å². The number of fused-ring (bicyclic) bond motifs is 1. The maximum absolute atomic E-state index is 12.6. The molecule has 148 valence electrons. The third-order valence-corrected chi connectivity index (χ3v) is 6.61. The second-order valence-corrected chi connectivity index (χ2v) is 8.93. The number of halogens is 3. The molecular formula is C20H12Cl3NO4S. The van der Waals surface area contributed by atoms with Crippen LogP contribution >= 0.6 is 34.8 Å². The van der Waals surface area contributed by atoms with Gasteiger partial charge in [0, 0.05) is 5.56 Å². The minimum absolute atomic E-state index is 0.0570. The summed E-state index contributed by atoms with van der Waals surface area (Å²) in [5.41, 5.74) is 2.98. The third kappa shape index (κ3) is 3.94. The molecule has 4 aromatic rings. The van der Waals surface area contributed by atoms with Crippen molar-refractivity contribution in [2.24, 2.45) is 0 Å². The Labute approximate surface area is 181 Å². The minimum Gasteiger partial charge on any atom is -0.436 e. The summed E-state index contributed by atoms with van der Waals surface area (Å²) in [4.78, 5) is 4.17. The monoisotopic (exact) mass is 467 g/mol. The zero-order valence-electron chi connectivity index (χ0n) is 14.8. The highest BCUT2D eigenvalue weighted by Crippen LogP contribution is 2.35. The van der Waals surface area contributed by atoms with Crippen molar-refractivity contribution in [3.8, 4) is 17.2 Å². The van der Waals surface area contributed by atoms with Gasteiger partial charge in [-0.15, -0.1) is 0 Å². The number of rotatable bonds is 4. The number of benzene rings is 3. The van der Waals surface area contributed by atoms with Gasteiger partial charge in [0.15, 0.2) is 11.3 Å². The summed E-state index contributed by atoms with van der Waals surface area (Å²) in [5, 5.41) is 0.0512. The fourth-order valence-corrected chi connectivity index (χ4v) is 4.65. The van der Waals surface area contributed by atoms with Crippen LogP contribution in [0, 0.1) is 6.92 Å². The Hall–Kier alpha value is -2.25. The Kier molecular flexibility index (Phi) is 5.21. The Morgan fingerprint density at radius 1 is 0.966 bits per heavy atom. The maximum atomic E-state index is 12.6. The van der Waals surface area contributed by atoms with E-state index in [9.17, 15) is 8.42 Å². The molecule has 0 aliphatic carbocycles. The number of hydrogen-bond donors (Lipinski definition) is 0. The number of aromatic nitrogens is 1. The Balaban J connectivity index is 1.67. The molecule has 0 N–H and O–H groups in total. The molecule has 3 aromatic carbocycles. The molecule has 0 atom stereocenters. The van der Waals surface area contributed by atoms with Crippen LogP contribution in [-0.4, -0.2) is 13.4 Å². The minimum atomic E-state index is -4.23. The van der Waals surface area contributed by atoms with Gasteiger partial charge in [-0.1, -0.05) is 46.9 Å². The van der Waals surface area contributed by atoms with Crippen LogP contribution in [0.2, 0.25) is 15.1 Å². The van der Waals surface area contributed by atoms with Crippen molar-refractivity contribution < 1.29 is 17.0 Å². The molecular weight excluding hydrogens is 457 g/mol. The van der Waals surface area contributed by atoms with E-state index in [4.69, 9.17) is 43.4 Å². The van der Waals surface area contributed by atoms with Crippen molar-refractivity contribution >= 4 is 56.0 Å². The summed E-state index contributed by atoms with van der Waals surface area (Å²) >= 11 is 18.1. The molecule has 0 radical (unpaired) electrons. The molecule has 0 amide bonds. The lowest BCUT2D eigenvalue weighted by molar-refractivity contribution is 0.486. The largest absolute Gasteiger partial charge is 0.436 e. The van der Waals surface area contributed by atoms with E-state index in [0.717, 1.165) is 5.56 Å². The second-order valence-electron chi connectivity index (χ2n) is 6.22. The van der Waals surface area contributed by atoms with Crippen molar-refractivity contribution in [3.63, 3.8) is 0 Å². The summed E-state index contributed by atoms with van der Waals surface area (Å²) in [5.74, 6) is 0.304. The maximum Gasteiger partial charge on any atom is 0.340 e. The van der Waals surface area contributed by atoms with E-state index in [-0.39, 0.29) is 25.7 Å². The van der Waals surface area contributed by atoms with Crippen LogP contribution in [0.4, 0.5) is 0 Å². The lowest BCUT2D eigenvalue weighted by atomic mass is 10.2. The van der Waals surface area contributed by atoms with Gasteiger partial charge in [-0.25, -0.2) is 4.98 Å². The lowest BCUT2D eigenvalue weighted by Gasteiger charge is -2.10. The summed E-state index contributed by atoms with van der Waals surface area (Å²) in [6, 6.07) is 14.5. The standard InChI is InChI=1S/C20H12Cl3NO4S/c1-11-5-7-15-17(9-11)27-20(24-15)12-6-8-16(14(22)10-12)28-29(25,26)18-4-2-3-13(21)19(18)23/h2-10H,1H3. The molecule has 0 saturated heterocycles. The fraction of sp³-hybridized carbons (Fsp3) is 0.0500. The van der Waals surface area contributed by atoms with Crippen LogP contribution in [-0.2, 0) is 10.1 Å². The van der Waals surface area contributed by atoms with Gasteiger partial charge < -0.3 is 8.60 Å². The van der Waals surface area contributed by atoms with Crippen molar-refractivity contribution in [2.45, 2.75) is 11.8 Å². The van der Waals surface area contributed by atoms with Gasteiger partial charge in [0.05, 0.1) is 15.1 Å². The molecule has 0 bridgehead atoms. The lowest BCUT2D eigenvalue weighted by Crippen LogP contribution is -2.10. The van der Waals surface area contributed by atoms with E-state index in [2.05, 4.69) is 4.98 Å². The number of aryl methyl sites for hydroxylation is 1. The van der Waals surface area contributed by atoms with Crippen LogP contribution in [0.5, 0.6) is 5.75 Å². The van der Waals surface area contributed by atoms with E-state index in [1.165, 1.54) is 30.3 Å².